The third-order valence-corrected chi connectivity index (χ3v) is 5.29. The second-order valence-corrected chi connectivity index (χ2v) is 7.07. The number of amides is 1. The number of ketones is 2. The van der Waals surface area contributed by atoms with Crippen LogP contribution in [-0.2, 0) is 4.79 Å². The Morgan fingerprint density at radius 1 is 1.00 bits per heavy atom. The van der Waals surface area contributed by atoms with E-state index in [9.17, 15) is 18.8 Å². The highest BCUT2D eigenvalue weighted by molar-refractivity contribution is 6.52. The first-order valence-electron chi connectivity index (χ1n) is 9.18. The van der Waals surface area contributed by atoms with Gasteiger partial charge in [-0.25, -0.2) is 4.39 Å². The minimum Gasteiger partial charge on any atom is -0.369 e. The quantitative estimate of drug-likeness (QED) is 0.601. The van der Waals surface area contributed by atoms with Crippen LogP contribution in [0.4, 0.5) is 15.8 Å². The number of hydrogen-bond donors (Lipinski definition) is 0. The van der Waals surface area contributed by atoms with Crippen LogP contribution in [0.2, 0.25) is 0 Å². The molecule has 0 unspecified atom stereocenters. The van der Waals surface area contributed by atoms with Gasteiger partial charge in [0.15, 0.2) is 5.78 Å². The molecule has 0 N–H and O–H groups in total. The Morgan fingerprint density at radius 2 is 1.68 bits per heavy atom. The Balaban J connectivity index is 1.41. The highest BCUT2D eigenvalue weighted by Gasteiger charge is 2.37. The summed E-state index contributed by atoms with van der Waals surface area (Å²) >= 11 is 0. The van der Waals surface area contributed by atoms with Gasteiger partial charge in [-0.3, -0.25) is 24.2 Å². The van der Waals surface area contributed by atoms with Gasteiger partial charge in [0, 0.05) is 37.4 Å². The Labute approximate surface area is 162 Å². The molecule has 2 aromatic rings. The summed E-state index contributed by atoms with van der Waals surface area (Å²) in [5.41, 5.74) is 2.34. The molecule has 1 fully saturated rings. The van der Waals surface area contributed by atoms with Crippen molar-refractivity contribution in [2.24, 2.45) is 0 Å². The summed E-state index contributed by atoms with van der Waals surface area (Å²) in [5, 5.41) is 0. The zero-order valence-corrected chi connectivity index (χ0v) is 15.5. The molecule has 0 saturated carbocycles. The number of hydrogen-bond acceptors (Lipinski definition) is 5. The largest absolute Gasteiger partial charge is 0.369 e. The first-order chi connectivity index (χ1) is 13.4. The second kappa shape index (κ2) is 7.16. The molecule has 0 spiro atoms. The lowest BCUT2D eigenvalue weighted by molar-refractivity contribution is -0.114. The van der Waals surface area contributed by atoms with Crippen molar-refractivity contribution in [2.45, 2.75) is 6.92 Å². The van der Waals surface area contributed by atoms with E-state index in [1.54, 1.807) is 6.92 Å². The van der Waals surface area contributed by atoms with Crippen molar-refractivity contribution in [3.05, 3.63) is 59.4 Å². The van der Waals surface area contributed by atoms with Crippen molar-refractivity contribution in [2.75, 3.05) is 42.6 Å². The number of carbonyl (C=O) groups is 3. The third-order valence-electron chi connectivity index (χ3n) is 5.29. The summed E-state index contributed by atoms with van der Waals surface area (Å²) in [7, 11) is 0. The molecular weight excluding hydrogens is 361 g/mol. The topological polar surface area (TPSA) is 60.9 Å². The molecule has 0 radical (unpaired) electrons. The fourth-order valence-electron chi connectivity index (χ4n) is 3.66. The van der Waals surface area contributed by atoms with E-state index in [0.29, 0.717) is 24.3 Å². The van der Waals surface area contributed by atoms with E-state index in [1.807, 2.05) is 24.3 Å². The molecule has 2 aromatic carbocycles. The van der Waals surface area contributed by atoms with Crippen molar-refractivity contribution < 1.29 is 18.8 Å². The van der Waals surface area contributed by atoms with Crippen LogP contribution in [0.1, 0.15) is 27.6 Å². The highest BCUT2D eigenvalue weighted by atomic mass is 19.1. The SMILES string of the molecule is CC(=O)c1ccc(N2CCN(CN3C(=O)C(=O)c4ccc(F)cc43)CC2)cc1. The highest BCUT2D eigenvalue weighted by Crippen LogP contribution is 2.30. The van der Waals surface area contributed by atoms with E-state index >= 15 is 0 Å². The maximum absolute atomic E-state index is 13.6. The first kappa shape index (κ1) is 18.3. The van der Waals surface area contributed by atoms with Crippen LogP contribution in [0.15, 0.2) is 42.5 Å². The van der Waals surface area contributed by atoms with Gasteiger partial charge in [-0.2, -0.15) is 0 Å². The van der Waals surface area contributed by atoms with Crippen molar-refractivity contribution >= 4 is 28.8 Å². The molecule has 144 valence electrons. The van der Waals surface area contributed by atoms with Gasteiger partial charge in [0.25, 0.3) is 5.78 Å². The molecular formula is C21H20FN3O3. The molecule has 1 saturated heterocycles. The zero-order valence-electron chi connectivity index (χ0n) is 15.5. The van der Waals surface area contributed by atoms with Crippen molar-refractivity contribution in [1.29, 1.82) is 0 Å². The summed E-state index contributed by atoms with van der Waals surface area (Å²) in [6.45, 7) is 4.73. The number of Topliss-reactive ketones (excluding diaryl/α,β-unsaturated/α-hetero) is 2. The number of anilines is 2. The summed E-state index contributed by atoms with van der Waals surface area (Å²) in [6.07, 6.45) is 0. The Bertz CT molecular complexity index is 950. The average molecular weight is 381 g/mol. The predicted octanol–water partition coefficient (Wildman–Crippen LogP) is 2.34. The number of carbonyl (C=O) groups excluding carboxylic acids is 3. The molecule has 2 aliphatic heterocycles. The van der Waals surface area contributed by atoms with Crippen LogP contribution in [0.5, 0.6) is 0 Å². The van der Waals surface area contributed by atoms with Crippen molar-refractivity contribution in [3.8, 4) is 0 Å². The summed E-state index contributed by atoms with van der Waals surface area (Å²) < 4.78 is 13.6. The molecule has 7 heteroatoms. The van der Waals surface area contributed by atoms with Crippen LogP contribution in [0, 0.1) is 5.82 Å². The molecule has 0 atom stereocenters. The number of fused-ring (bicyclic) bond motifs is 1. The van der Waals surface area contributed by atoms with Gasteiger partial charge in [-0.05, 0) is 49.4 Å². The van der Waals surface area contributed by atoms with Crippen LogP contribution >= 0.6 is 0 Å². The fraction of sp³-hybridized carbons (Fsp3) is 0.286. The predicted molar refractivity (Wildman–Crippen MR) is 103 cm³/mol. The molecule has 4 rings (SSSR count). The first-order valence-corrected chi connectivity index (χ1v) is 9.18. The molecule has 0 bridgehead atoms. The number of rotatable bonds is 4. The third kappa shape index (κ3) is 3.29. The Kier molecular flexibility index (Phi) is 4.68. The van der Waals surface area contributed by atoms with E-state index in [0.717, 1.165) is 18.8 Å². The standard InChI is InChI=1S/C21H20FN3O3/c1-14(26)15-2-5-17(6-3-15)24-10-8-23(9-11-24)13-25-19-12-16(22)4-7-18(19)20(27)21(25)28/h2-7,12H,8-11,13H2,1H3. The molecule has 2 heterocycles. The van der Waals surface area contributed by atoms with Crippen LogP contribution in [0.3, 0.4) is 0 Å². The lowest BCUT2D eigenvalue weighted by atomic mass is 10.1. The van der Waals surface area contributed by atoms with Gasteiger partial charge in [0.1, 0.15) is 5.82 Å². The molecule has 2 aliphatic rings. The molecule has 1 amide bonds. The zero-order chi connectivity index (χ0) is 19.8. The van der Waals surface area contributed by atoms with Crippen molar-refractivity contribution in [1.82, 2.24) is 4.90 Å². The van der Waals surface area contributed by atoms with Gasteiger partial charge >= 0.3 is 5.91 Å². The van der Waals surface area contributed by atoms with E-state index in [1.165, 1.54) is 23.1 Å². The normalized spacial score (nSPS) is 17.2. The van der Waals surface area contributed by atoms with Gasteiger partial charge in [0.2, 0.25) is 0 Å². The summed E-state index contributed by atoms with van der Waals surface area (Å²) in [4.78, 5) is 41.5. The summed E-state index contributed by atoms with van der Waals surface area (Å²) in [5.74, 6) is -1.62. The number of piperazine rings is 1. The van der Waals surface area contributed by atoms with E-state index in [-0.39, 0.29) is 18.0 Å². The smallest absolute Gasteiger partial charge is 0.300 e. The van der Waals surface area contributed by atoms with E-state index in [4.69, 9.17) is 0 Å². The van der Waals surface area contributed by atoms with Crippen LogP contribution in [0.25, 0.3) is 0 Å². The van der Waals surface area contributed by atoms with Crippen LogP contribution < -0.4 is 9.80 Å². The fourth-order valence-corrected chi connectivity index (χ4v) is 3.66. The van der Waals surface area contributed by atoms with Gasteiger partial charge < -0.3 is 4.90 Å². The van der Waals surface area contributed by atoms with Crippen LogP contribution in [-0.4, -0.2) is 55.2 Å². The maximum Gasteiger partial charge on any atom is 0.300 e. The molecule has 0 aromatic heterocycles. The maximum atomic E-state index is 13.6. The van der Waals surface area contributed by atoms with E-state index < -0.39 is 17.5 Å². The van der Waals surface area contributed by atoms with E-state index in [2.05, 4.69) is 9.80 Å². The average Bonchev–Trinajstić information content (AvgIpc) is 2.93. The van der Waals surface area contributed by atoms with Crippen molar-refractivity contribution in [3.63, 3.8) is 0 Å². The lowest BCUT2D eigenvalue weighted by Crippen LogP contribution is -2.51. The molecule has 6 nitrogen and oxygen atoms in total. The number of halogens is 1. The van der Waals surface area contributed by atoms with Gasteiger partial charge in [-0.15, -0.1) is 0 Å². The number of benzene rings is 2. The Hall–Kier alpha value is -3.06. The molecule has 0 aliphatic carbocycles. The minimum absolute atomic E-state index is 0.0397. The lowest BCUT2D eigenvalue weighted by Gasteiger charge is -2.37. The monoisotopic (exact) mass is 381 g/mol. The second-order valence-electron chi connectivity index (χ2n) is 7.07. The molecule has 28 heavy (non-hydrogen) atoms. The summed E-state index contributed by atoms with van der Waals surface area (Å²) in [6, 6.07) is 11.3. The van der Waals surface area contributed by atoms with Gasteiger partial charge in [-0.1, -0.05) is 0 Å². The number of nitrogens with zero attached hydrogens (tertiary/aromatic N) is 3. The minimum atomic E-state index is -0.608. The Morgan fingerprint density at radius 3 is 2.32 bits per heavy atom. The van der Waals surface area contributed by atoms with Gasteiger partial charge in [0.05, 0.1) is 17.9 Å².